The van der Waals surface area contributed by atoms with Crippen LogP contribution < -0.4 is 11.1 Å². The van der Waals surface area contributed by atoms with Crippen LogP contribution in [-0.2, 0) is 14.8 Å². The molecule has 0 bridgehead atoms. The second kappa shape index (κ2) is 8.75. The number of carbonyl (C=O) groups excluding carboxylic acids is 1. The molecule has 0 aliphatic carbocycles. The summed E-state index contributed by atoms with van der Waals surface area (Å²) in [7, 11) is -1.58. The van der Waals surface area contributed by atoms with Crippen molar-refractivity contribution >= 4 is 21.6 Å². The molecular weight excluding hydrogens is 340 g/mol. The van der Waals surface area contributed by atoms with Crippen LogP contribution in [0.25, 0.3) is 0 Å². The molecular formula is C17H28N4O3S. The van der Waals surface area contributed by atoms with E-state index in [1.54, 1.807) is 18.2 Å². The quantitative estimate of drug-likeness (QED) is 0.783. The first-order chi connectivity index (χ1) is 11.8. The minimum absolute atomic E-state index is 0.193. The average molecular weight is 369 g/mol. The van der Waals surface area contributed by atoms with Gasteiger partial charge in [0.2, 0.25) is 15.9 Å². The predicted octanol–water partition coefficient (Wildman–Crippen LogP) is 1.08. The van der Waals surface area contributed by atoms with Gasteiger partial charge in [-0.2, -0.15) is 4.31 Å². The number of nitrogens with zero attached hydrogens (tertiary/aromatic N) is 2. The van der Waals surface area contributed by atoms with Crippen molar-refractivity contribution in [1.82, 2.24) is 9.21 Å². The van der Waals surface area contributed by atoms with Crippen LogP contribution in [-0.4, -0.2) is 62.8 Å². The Bertz CT molecular complexity index is 693. The van der Waals surface area contributed by atoms with E-state index in [0.29, 0.717) is 31.7 Å². The monoisotopic (exact) mass is 368 g/mol. The number of nitrogens with two attached hydrogens (primary N) is 1. The van der Waals surface area contributed by atoms with Crippen LogP contribution in [0.2, 0.25) is 0 Å². The lowest BCUT2D eigenvalue weighted by atomic mass is 10.1. The van der Waals surface area contributed by atoms with Gasteiger partial charge in [-0.25, -0.2) is 8.42 Å². The van der Waals surface area contributed by atoms with Crippen molar-refractivity contribution < 1.29 is 13.2 Å². The van der Waals surface area contributed by atoms with E-state index >= 15 is 0 Å². The molecule has 140 valence electrons. The Morgan fingerprint density at radius 3 is 2.76 bits per heavy atom. The SMILES string of the molecule is CCCC(N)C(=O)Nc1cccc(S(=O)(=O)N2CCCN(C)CC2)c1. The van der Waals surface area contributed by atoms with E-state index in [2.05, 4.69) is 10.2 Å². The number of sulfonamides is 1. The average Bonchev–Trinajstić information content (AvgIpc) is 2.80. The summed E-state index contributed by atoms with van der Waals surface area (Å²) in [5.74, 6) is -0.298. The number of rotatable bonds is 6. The summed E-state index contributed by atoms with van der Waals surface area (Å²) in [6.07, 6.45) is 2.20. The molecule has 7 nitrogen and oxygen atoms in total. The standard InChI is InChI=1S/C17H28N4O3S/c1-3-6-16(18)17(22)19-14-7-4-8-15(13-14)25(23,24)21-10-5-9-20(2)11-12-21/h4,7-8,13,16H,3,5-6,9-12,18H2,1-2H3,(H,19,22). The fourth-order valence-electron chi connectivity index (χ4n) is 2.82. The van der Waals surface area contributed by atoms with Gasteiger partial charge in [0.05, 0.1) is 10.9 Å². The molecule has 1 fully saturated rings. The number of amides is 1. The van der Waals surface area contributed by atoms with E-state index in [9.17, 15) is 13.2 Å². The van der Waals surface area contributed by atoms with Gasteiger partial charge in [0.25, 0.3) is 0 Å². The van der Waals surface area contributed by atoms with Crippen LogP contribution in [0.3, 0.4) is 0 Å². The number of hydrogen-bond acceptors (Lipinski definition) is 5. The summed E-state index contributed by atoms with van der Waals surface area (Å²) < 4.78 is 27.3. The first kappa shape index (κ1) is 19.8. The van der Waals surface area contributed by atoms with E-state index < -0.39 is 16.1 Å². The number of carbonyl (C=O) groups is 1. The Labute approximate surface area is 150 Å². The molecule has 1 atom stereocenters. The highest BCUT2D eigenvalue weighted by Gasteiger charge is 2.26. The van der Waals surface area contributed by atoms with Crippen LogP contribution >= 0.6 is 0 Å². The van der Waals surface area contributed by atoms with Crippen molar-refractivity contribution in [3.8, 4) is 0 Å². The number of benzene rings is 1. The van der Waals surface area contributed by atoms with Crippen molar-refractivity contribution in [2.45, 2.75) is 37.1 Å². The minimum atomic E-state index is -3.57. The lowest BCUT2D eigenvalue weighted by Crippen LogP contribution is -2.36. The Kier molecular flexibility index (Phi) is 6.95. The molecule has 3 N–H and O–H groups in total. The Balaban J connectivity index is 2.15. The van der Waals surface area contributed by atoms with Gasteiger partial charge in [-0.1, -0.05) is 19.4 Å². The smallest absolute Gasteiger partial charge is 0.243 e. The summed E-state index contributed by atoms with van der Waals surface area (Å²) in [5.41, 5.74) is 6.25. The van der Waals surface area contributed by atoms with Crippen molar-refractivity contribution in [3.63, 3.8) is 0 Å². The van der Waals surface area contributed by atoms with Crippen LogP contribution in [0, 0.1) is 0 Å². The van der Waals surface area contributed by atoms with Gasteiger partial charge >= 0.3 is 0 Å². The molecule has 1 heterocycles. The van der Waals surface area contributed by atoms with Crippen molar-refractivity contribution in [3.05, 3.63) is 24.3 Å². The summed E-state index contributed by atoms with van der Waals surface area (Å²) in [6.45, 7) is 4.53. The summed E-state index contributed by atoms with van der Waals surface area (Å²) >= 11 is 0. The molecule has 1 amide bonds. The molecule has 1 aromatic rings. The summed E-state index contributed by atoms with van der Waals surface area (Å²) in [4.78, 5) is 14.4. The first-order valence-electron chi connectivity index (χ1n) is 8.70. The molecule has 1 aromatic carbocycles. The van der Waals surface area contributed by atoms with Gasteiger partial charge in [-0.3, -0.25) is 4.79 Å². The van der Waals surface area contributed by atoms with E-state index in [1.807, 2.05) is 14.0 Å². The number of hydrogen-bond donors (Lipinski definition) is 2. The first-order valence-corrected chi connectivity index (χ1v) is 10.1. The van der Waals surface area contributed by atoms with Gasteiger partial charge in [0.1, 0.15) is 0 Å². The lowest BCUT2D eigenvalue weighted by molar-refractivity contribution is -0.117. The second-order valence-electron chi connectivity index (χ2n) is 6.47. The zero-order chi connectivity index (χ0) is 18.4. The molecule has 1 aliphatic heterocycles. The van der Waals surface area contributed by atoms with Crippen molar-refractivity contribution in [2.75, 3.05) is 38.5 Å². The fraction of sp³-hybridized carbons (Fsp3) is 0.588. The normalized spacial score (nSPS) is 18.5. The van der Waals surface area contributed by atoms with Crippen LogP contribution in [0.5, 0.6) is 0 Å². The van der Waals surface area contributed by atoms with E-state index in [-0.39, 0.29) is 10.8 Å². The fourth-order valence-corrected chi connectivity index (χ4v) is 4.34. The zero-order valence-corrected chi connectivity index (χ0v) is 15.8. The maximum absolute atomic E-state index is 12.9. The van der Waals surface area contributed by atoms with E-state index in [4.69, 9.17) is 5.73 Å². The second-order valence-corrected chi connectivity index (χ2v) is 8.41. The van der Waals surface area contributed by atoms with E-state index in [1.165, 1.54) is 10.4 Å². The van der Waals surface area contributed by atoms with E-state index in [0.717, 1.165) is 19.4 Å². The molecule has 25 heavy (non-hydrogen) atoms. The molecule has 8 heteroatoms. The van der Waals surface area contributed by atoms with Gasteiger partial charge in [-0.05, 0) is 44.6 Å². The number of nitrogens with one attached hydrogen (secondary N) is 1. The maximum atomic E-state index is 12.9. The third-order valence-corrected chi connectivity index (χ3v) is 6.25. The van der Waals surface area contributed by atoms with Gasteiger partial charge in [0.15, 0.2) is 0 Å². The molecule has 2 rings (SSSR count). The topological polar surface area (TPSA) is 95.7 Å². The van der Waals surface area contributed by atoms with Crippen LogP contribution in [0.1, 0.15) is 26.2 Å². The highest BCUT2D eigenvalue weighted by molar-refractivity contribution is 7.89. The third-order valence-electron chi connectivity index (χ3n) is 4.35. The summed E-state index contributed by atoms with van der Waals surface area (Å²) in [5, 5.41) is 2.71. The molecule has 1 aliphatic rings. The zero-order valence-electron chi connectivity index (χ0n) is 14.9. The van der Waals surface area contributed by atoms with Gasteiger partial charge < -0.3 is 16.0 Å². The molecule has 0 spiro atoms. The molecule has 0 saturated carbocycles. The molecule has 1 unspecified atom stereocenters. The van der Waals surface area contributed by atoms with Crippen molar-refractivity contribution in [1.29, 1.82) is 0 Å². The van der Waals surface area contributed by atoms with Gasteiger partial charge in [0, 0.05) is 25.3 Å². The molecule has 1 saturated heterocycles. The molecule has 0 radical (unpaired) electrons. The minimum Gasteiger partial charge on any atom is -0.325 e. The van der Waals surface area contributed by atoms with Crippen LogP contribution in [0.15, 0.2) is 29.2 Å². The molecule has 0 aromatic heterocycles. The Morgan fingerprint density at radius 2 is 2.04 bits per heavy atom. The predicted molar refractivity (Wildman–Crippen MR) is 98.8 cm³/mol. The van der Waals surface area contributed by atoms with Crippen LogP contribution in [0.4, 0.5) is 5.69 Å². The Morgan fingerprint density at radius 1 is 1.28 bits per heavy atom. The lowest BCUT2D eigenvalue weighted by Gasteiger charge is -2.20. The van der Waals surface area contributed by atoms with Gasteiger partial charge in [-0.15, -0.1) is 0 Å². The maximum Gasteiger partial charge on any atom is 0.243 e. The Hall–Kier alpha value is -1.48. The highest BCUT2D eigenvalue weighted by atomic mass is 32.2. The highest BCUT2D eigenvalue weighted by Crippen LogP contribution is 2.21. The summed E-state index contributed by atoms with van der Waals surface area (Å²) in [6, 6.07) is 5.78. The largest absolute Gasteiger partial charge is 0.325 e. The third kappa shape index (κ3) is 5.24. The number of anilines is 1. The van der Waals surface area contributed by atoms with Crippen molar-refractivity contribution in [2.24, 2.45) is 5.73 Å². The number of likely N-dealkylation sites (N-methyl/N-ethyl adjacent to an activating group) is 1.